The zero-order valence-corrected chi connectivity index (χ0v) is 16.0. The Hall–Kier alpha value is -2.60. The lowest BCUT2D eigenvalue weighted by Crippen LogP contribution is -2.44. The zero-order valence-electron chi connectivity index (χ0n) is 16.0. The first-order valence-corrected chi connectivity index (χ1v) is 9.55. The van der Waals surface area contributed by atoms with Crippen molar-refractivity contribution in [3.8, 4) is 0 Å². The Morgan fingerprint density at radius 1 is 1.19 bits per heavy atom. The Bertz CT molecular complexity index is 778. The highest BCUT2D eigenvalue weighted by Gasteiger charge is 2.21. The molecule has 6 heteroatoms. The monoisotopic (exact) mass is 369 g/mol. The largest absolute Gasteiger partial charge is 0.459 e. The number of amides is 2. The van der Waals surface area contributed by atoms with Crippen molar-refractivity contribution in [3.05, 3.63) is 53.5 Å². The fourth-order valence-electron chi connectivity index (χ4n) is 3.38. The molecule has 27 heavy (non-hydrogen) atoms. The summed E-state index contributed by atoms with van der Waals surface area (Å²) in [6.07, 6.45) is 4.56. The number of furan rings is 1. The molecule has 0 radical (unpaired) electrons. The van der Waals surface area contributed by atoms with E-state index >= 15 is 0 Å². The molecular weight excluding hydrogens is 342 g/mol. The average molecular weight is 369 g/mol. The number of benzene rings is 1. The molecule has 1 fully saturated rings. The zero-order chi connectivity index (χ0) is 19.2. The van der Waals surface area contributed by atoms with Gasteiger partial charge < -0.3 is 20.0 Å². The molecule has 144 valence electrons. The molecule has 0 spiro atoms. The van der Waals surface area contributed by atoms with E-state index in [1.807, 2.05) is 13.0 Å². The van der Waals surface area contributed by atoms with Crippen LogP contribution in [0.25, 0.3) is 0 Å². The molecule has 6 nitrogen and oxygen atoms in total. The molecule has 0 bridgehead atoms. The molecular formula is C21H27N3O3. The van der Waals surface area contributed by atoms with Gasteiger partial charge in [-0.1, -0.05) is 13.0 Å². The molecule has 3 rings (SSSR count). The van der Waals surface area contributed by atoms with Gasteiger partial charge in [-0.2, -0.15) is 0 Å². The van der Waals surface area contributed by atoms with Crippen molar-refractivity contribution in [3.63, 3.8) is 0 Å². The Labute approximate surface area is 159 Å². The third-order valence-electron chi connectivity index (χ3n) is 4.96. The van der Waals surface area contributed by atoms with Gasteiger partial charge >= 0.3 is 0 Å². The van der Waals surface area contributed by atoms with Crippen LogP contribution in [0.4, 0.5) is 5.69 Å². The van der Waals surface area contributed by atoms with Gasteiger partial charge in [-0.25, -0.2) is 0 Å². The summed E-state index contributed by atoms with van der Waals surface area (Å²) in [4.78, 5) is 27.3. The molecule has 0 aliphatic carbocycles. The highest BCUT2D eigenvalue weighted by molar-refractivity contribution is 6.03. The molecule has 1 saturated heterocycles. The van der Waals surface area contributed by atoms with Crippen molar-refractivity contribution in [2.24, 2.45) is 0 Å². The van der Waals surface area contributed by atoms with E-state index in [1.165, 1.54) is 6.26 Å². The first-order chi connectivity index (χ1) is 13.1. The van der Waals surface area contributed by atoms with Crippen molar-refractivity contribution >= 4 is 17.5 Å². The summed E-state index contributed by atoms with van der Waals surface area (Å²) in [5.41, 5.74) is 2.05. The normalized spacial score (nSPS) is 15.5. The highest BCUT2D eigenvalue weighted by Crippen LogP contribution is 2.19. The number of nitrogens with zero attached hydrogens (tertiary/aromatic N) is 1. The smallest absolute Gasteiger partial charge is 0.291 e. The van der Waals surface area contributed by atoms with Crippen LogP contribution in [0.1, 0.15) is 52.7 Å². The minimum Gasteiger partial charge on any atom is -0.459 e. The molecule has 2 aromatic rings. The fourth-order valence-corrected chi connectivity index (χ4v) is 3.38. The molecule has 2 amide bonds. The van der Waals surface area contributed by atoms with Crippen molar-refractivity contribution in [2.45, 2.75) is 39.2 Å². The molecule has 1 aromatic heterocycles. The quantitative estimate of drug-likeness (QED) is 0.818. The number of piperidine rings is 1. The van der Waals surface area contributed by atoms with Crippen LogP contribution in [0, 0.1) is 6.92 Å². The number of carbonyl (C=O) groups is 2. The third kappa shape index (κ3) is 4.98. The number of rotatable bonds is 6. The van der Waals surface area contributed by atoms with Gasteiger partial charge in [-0.05, 0) is 62.6 Å². The average Bonchev–Trinajstić information content (AvgIpc) is 3.20. The number of aryl methyl sites for hydroxylation is 1. The van der Waals surface area contributed by atoms with E-state index in [9.17, 15) is 9.59 Å². The number of likely N-dealkylation sites (tertiary alicyclic amines) is 1. The van der Waals surface area contributed by atoms with Gasteiger partial charge in [0.25, 0.3) is 11.8 Å². The molecule has 0 saturated carbocycles. The van der Waals surface area contributed by atoms with Gasteiger partial charge in [-0.3, -0.25) is 9.59 Å². The van der Waals surface area contributed by atoms with Crippen LogP contribution in [0.3, 0.4) is 0 Å². The van der Waals surface area contributed by atoms with E-state index in [-0.39, 0.29) is 23.6 Å². The summed E-state index contributed by atoms with van der Waals surface area (Å²) in [7, 11) is 0. The predicted molar refractivity (Wildman–Crippen MR) is 105 cm³/mol. The van der Waals surface area contributed by atoms with Gasteiger partial charge in [0.05, 0.1) is 6.26 Å². The van der Waals surface area contributed by atoms with Crippen LogP contribution in [0.15, 0.2) is 41.0 Å². The van der Waals surface area contributed by atoms with Crippen molar-refractivity contribution < 1.29 is 14.0 Å². The van der Waals surface area contributed by atoms with E-state index in [1.54, 1.807) is 24.3 Å². The summed E-state index contributed by atoms with van der Waals surface area (Å²) in [5, 5.41) is 5.94. The molecule has 0 unspecified atom stereocenters. The van der Waals surface area contributed by atoms with Gasteiger partial charge in [0, 0.05) is 30.4 Å². The second-order valence-corrected chi connectivity index (χ2v) is 7.05. The van der Waals surface area contributed by atoms with Crippen LogP contribution < -0.4 is 10.6 Å². The lowest BCUT2D eigenvalue weighted by atomic mass is 10.0. The lowest BCUT2D eigenvalue weighted by Gasteiger charge is -2.32. The van der Waals surface area contributed by atoms with E-state index in [2.05, 4.69) is 22.5 Å². The molecule has 0 atom stereocenters. The lowest BCUT2D eigenvalue weighted by molar-refractivity contribution is 0.0910. The first-order valence-electron chi connectivity index (χ1n) is 9.55. The summed E-state index contributed by atoms with van der Waals surface area (Å²) < 4.78 is 5.12. The second-order valence-electron chi connectivity index (χ2n) is 7.05. The standard InChI is InChI=1S/C21H27N3O3/c1-3-10-24-11-8-17(9-12-24)22-20(25)16-7-6-15(2)18(14-16)23-21(26)19-5-4-13-27-19/h4-7,13-14,17H,3,8-12H2,1-2H3,(H,22,25)(H,23,26). The van der Waals surface area contributed by atoms with Gasteiger partial charge in [-0.15, -0.1) is 0 Å². The number of anilines is 1. The van der Waals surface area contributed by atoms with E-state index in [0.717, 1.165) is 44.5 Å². The van der Waals surface area contributed by atoms with Crippen molar-refractivity contribution in [2.75, 3.05) is 25.0 Å². The van der Waals surface area contributed by atoms with Gasteiger partial charge in [0.1, 0.15) is 0 Å². The summed E-state index contributed by atoms with van der Waals surface area (Å²) in [5.74, 6) is -0.190. The topological polar surface area (TPSA) is 74.6 Å². The maximum Gasteiger partial charge on any atom is 0.291 e. The Balaban J connectivity index is 1.61. The van der Waals surface area contributed by atoms with E-state index in [4.69, 9.17) is 4.42 Å². The van der Waals surface area contributed by atoms with Crippen LogP contribution in [0.5, 0.6) is 0 Å². The summed E-state index contributed by atoms with van der Waals surface area (Å²) in [6.45, 7) is 7.25. The van der Waals surface area contributed by atoms with Gasteiger partial charge in [0.15, 0.2) is 5.76 Å². The summed E-state index contributed by atoms with van der Waals surface area (Å²) in [6, 6.07) is 8.82. The maximum atomic E-state index is 12.6. The molecule has 2 heterocycles. The SMILES string of the molecule is CCCN1CCC(NC(=O)c2ccc(C)c(NC(=O)c3ccco3)c2)CC1. The Morgan fingerprint density at radius 3 is 2.63 bits per heavy atom. The number of hydrogen-bond acceptors (Lipinski definition) is 4. The summed E-state index contributed by atoms with van der Waals surface area (Å²) >= 11 is 0. The number of carbonyl (C=O) groups excluding carboxylic acids is 2. The first kappa shape index (κ1) is 19.2. The minimum absolute atomic E-state index is 0.0996. The number of nitrogens with one attached hydrogen (secondary N) is 2. The van der Waals surface area contributed by atoms with Crippen molar-refractivity contribution in [1.82, 2.24) is 10.2 Å². The minimum atomic E-state index is -0.330. The third-order valence-corrected chi connectivity index (χ3v) is 4.96. The number of hydrogen-bond donors (Lipinski definition) is 2. The Kier molecular flexibility index (Phi) is 6.29. The maximum absolute atomic E-state index is 12.6. The highest BCUT2D eigenvalue weighted by atomic mass is 16.3. The van der Waals surface area contributed by atoms with Gasteiger partial charge in [0.2, 0.25) is 0 Å². The molecule has 1 aliphatic heterocycles. The molecule has 1 aliphatic rings. The molecule has 2 N–H and O–H groups in total. The van der Waals surface area contributed by atoms with Crippen LogP contribution in [-0.2, 0) is 0 Å². The van der Waals surface area contributed by atoms with Crippen LogP contribution >= 0.6 is 0 Å². The second kappa shape index (κ2) is 8.86. The van der Waals surface area contributed by atoms with Crippen LogP contribution in [-0.4, -0.2) is 42.4 Å². The fraction of sp³-hybridized carbons (Fsp3) is 0.429. The van der Waals surface area contributed by atoms with E-state index in [0.29, 0.717) is 11.3 Å². The van der Waals surface area contributed by atoms with Crippen LogP contribution in [0.2, 0.25) is 0 Å². The Morgan fingerprint density at radius 2 is 1.96 bits per heavy atom. The predicted octanol–water partition coefficient (Wildman–Crippen LogP) is 3.44. The molecule has 1 aromatic carbocycles. The van der Waals surface area contributed by atoms with E-state index < -0.39 is 0 Å². The van der Waals surface area contributed by atoms with Crippen molar-refractivity contribution in [1.29, 1.82) is 0 Å².